The van der Waals surface area contributed by atoms with Crippen LogP contribution in [-0.4, -0.2) is 38.8 Å². The fraction of sp³-hybridized carbons (Fsp3) is 0.800. The van der Waals surface area contributed by atoms with E-state index in [1.165, 1.54) is 0 Å². The minimum atomic E-state index is 0.296. The maximum atomic E-state index is 6.03. The minimum absolute atomic E-state index is 0.296. The SMILES string of the molecule is CCCC(N)CN1CCn2cnnc2C1. The van der Waals surface area contributed by atoms with Gasteiger partial charge in [-0.15, -0.1) is 10.2 Å². The second-order valence-electron chi connectivity index (χ2n) is 4.22. The predicted octanol–water partition coefficient (Wildman–Crippen LogP) is 0.221. The Morgan fingerprint density at radius 1 is 1.53 bits per heavy atom. The standard InChI is InChI=1S/C10H19N5/c1-2-3-9(11)6-14-4-5-15-8-12-13-10(15)7-14/h8-9H,2-7,11H2,1H3. The highest BCUT2D eigenvalue weighted by Crippen LogP contribution is 2.09. The molecule has 84 valence electrons. The first-order valence-electron chi connectivity index (χ1n) is 5.64. The molecule has 0 radical (unpaired) electrons. The fourth-order valence-electron chi connectivity index (χ4n) is 2.07. The van der Waals surface area contributed by atoms with Crippen molar-refractivity contribution in [2.24, 2.45) is 5.73 Å². The van der Waals surface area contributed by atoms with E-state index < -0.39 is 0 Å². The number of fused-ring (bicyclic) bond motifs is 1. The van der Waals surface area contributed by atoms with Gasteiger partial charge in [-0.3, -0.25) is 4.90 Å². The van der Waals surface area contributed by atoms with Crippen LogP contribution >= 0.6 is 0 Å². The zero-order valence-electron chi connectivity index (χ0n) is 9.26. The number of rotatable bonds is 4. The number of hydrogen-bond donors (Lipinski definition) is 1. The van der Waals surface area contributed by atoms with Crippen molar-refractivity contribution in [1.82, 2.24) is 19.7 Å². The van der Waals surface area contributed by atoms with Crippen molar-refractivity contribution in [2.45, 2.75) is 38.9 Å². The molecule has 1 atom stereocenters. The maximum absolute atomic E-state index is 6.03. The Hall–Kier alpha value is -0.940. The molecule has 5 heteroatoms. The van der Waals surface area contributed by atoms with Crippen LogP contribution in [0.5, 0.6) is 0 Å². The summed E-state index contributed by atoms with van der Waals surface area (Å²) < 4.78 is 2.11. The van der Waals surface area contributed by atoms with E-state index in [-0.39, 0.29) is 0 Å². The predicted molar refractivity (Wildman–Crippen MR) is 58.2 cm³/mol. The van der Waals surface area contributed by atoms with Crippen LogP contribution in [0.1, 0.15) is 25.6 Å². The van der Waals surface area contributed by atoms with Gasteiger partial charge in [0.25, 0.3) is 0 Å². The molecule has 2 N–H and O–H groups in total. The van der Waals surface area contributed by atoms with Crippen molar-refractivity contribution in [3.8, 4) is 0 Å². The lowest BCUT2D eigenvalue weighted by molar-refractivity contribution is 0.201. The number of hydrogen-bond acceptors (Lipinski definition) is 4. The molecule has 1 unspecified atom stereocenters. The number of nitrogens with two attached hydrogens (primary N) is 1. The van der Waals surface area contributed by atoms with Crippen molar-refractivity contribution in [3.05, 3.63) is 12.2 Å². The van der Waals surface area contributed by atoms with E-state index in [4.69, 9.17) is 5.73 Å². The molecular weight excluding hydrogens is 190 g/mol. The lowest BCUT2D eigenvalue weighted by Crippen LogP contribution is -2.41. The topological polar surface area (TPSA) is 60.0 Å². The van der Waals surface area contributed by atoms with Crippen molar-refractivity contribution in [1.29, 1.82) is 0 Å². The maximum Gasteiger partial charge on any atom is 0.147 e. The van der Waals surface area contributed by atoms with Gasteiger partial charge in [0.15, 0.2) is 0 Å². The van der Waals surface area contributed by atoms with Gasteiger partial charge in [-0.05, 0) is 6.42 Å². The molecule has 1 aliphatic rings. The van der Waals surface area contributed by atoms with Crippen LogP contribution < -0.4 is 5.73 Å². The quantitative estimate of drug-likeness (QED) is 0.770. The average Bonchev–Trinajstić information content (AvgIpc) is 2.65. The van der Waals surface area contributed by atoms with Crippen LogP contribution in [0.15, 0.2) is 6.33 Å². The normalized spacial score (nSPS) is 18.8. The van der Waals surface area contributed by atoms with Crippen molar-refractivity contribution in [2.75, 3.05) is 13.1 Å². The van der Waals surface area contributed by atoms with Gasteiger partial charge < -0.3 is 10.3 Å². The zero-order chi connectivity index (χ0) is 10.7. The Morgan fingerprint density at radius 3 is 3.20 bits per heavy atom. The number of nitrogens with zero attached hydrogens (tertiary/aromatic N) is 4. The third-order valence-electron chi connectivity index (χ3n) is 2.87. The van der Waals surface area contributed by atoms with Gasteiger partial charge in [0, 0.05) is 25.7 Å². The third kappa shape index (κ3) is 2.54. The van der Waals surface area contributed by atoms with Crippen LogP contribution in [-0.2, 0) is 13.1 Å². The second kappa shape index (κ2) is 4.72. The molecule has 0 aliphatic carbocycles. The smallest absolute Gasteiger partial charge is 0.147 e. The molecule has 0 spiro atoms. The third-order valence-corrected chi connectivity index (χ3v) is 2.87. The first kappa shape index (κ1) is 10.6. The van der Waals surface area contributed by atoms with Gasteiger partial charge in [0.2, 0.25) is 0 Å². The molecule has 2 rings (SSSR count). The van der Waals surface area contributed by atoms with E-state index in [0.717, 1.165) is 44.8 Å². The summed E-state index contributed by atoms with van der Waals surface area (Å²) in [4.78, 5) is 2.37. The Balaban J connectivity index is 1.87. The Labute approximate surface area is 90.3 Å². The van der Waals surface area contributed by atoms with E-state index in [1.807, 2.05) is 0 Å². The van der Waals surface area contributed by atoms with Crippen molar-refractivity contribution < 1.29 is 0 Å². The van der Waals surface area contributed by atoms with Gasteiger partial charge >= 0.3 is 0 Å². The van der Waals surface area contributed by atoms with E-state index in [9.17, 15) is 0 Å². The summed E-state index contributed by atoms with van der Waals surface area (Å²) in [6.45, 7) is 6.08. The zero-order valence-corrected chi connectivity index (χ0v) is 9.26. The van der Waals surface area contributed by atoms with E-state index in [2.05, 4.69) is 26.6 Å². The van der Waals surface area contributed by atoms with Gasteiger partial charge in [-0.2, -0.15) is 0 Å². The lowest BCUT2D eigenvalue weighted by atomic mass is 10.1. The van der Waals surface area contributed by atoms with Crippen LogP contribution in [0.25, 0.3) is 0 Å². The van der Waals surface area contributed by atoms with Crippen LogP contribution in [0.4, 0.5) is 0 Å². The highest BCUT2D eigenvalue weighted by molar-refractivity contribution is 4.90. The Kier molecular flexibility index (Phi) is 3.33. The molecule has 1 aromatic rings. The first-order valence-corrected chi connectivity index (χ1v) is 5.64. The molecule has 0 fully saturated rings. The first-order chi connectivity index (χ1) is 7.29. The van der Waals surface area contributed by atoms with Gasteiger partial charge in [-0.25, -0.2) is 0 Å². The van der Waals surface area contributed by atoms with Crippen molar-refractivity contribution >= 4 is 0 Å². The van der Waals surface area contributed by atoms with E-state index in [0.29, 0.717) is 6.04 Å². The van der Waals surface area contributed by atoms with Crippen LogP contribution in [0, 0.1) is 0 Å². The van der Waals surface area contributed by atoms with E-state index in [1.54, 1.807) is 6.33 Å². The summed E-state index contributed by atoms with van der Waals surface area (Å²) in [5.74, 6) is 1.06. The molecule has 1 aromatic heterocycles. The van der Waals surface area contributed by atoms with Gasteiger partial charge in [-0.1, -0.05) is 13.3 Å². The summed E-state index contributed by atoms with van der Waals surface area (Å²) in [5.41, 5.74) is 6.03. The van der Waals surface area contributed by atoms with Crippen molar-refractivity contribution in [3.63, 3.8) is 0 Å². The molecular formula is C10H19N5. The van der Waals surface area contributed by atoms with Gasteiger partial charge in [0.05, 0.1) is 6.54 Å². The van der Waals surface area contributed by atoms with Crippen LogP contribution in [0.3, 0.4) is 0 Å². The summed E-state index contributed by atoms with van der Waals surface area (Å²) >= 11 is 0. The molecule has 5 nitrogen and oxygen atoms in total. The Morgan fingerprint density at radius 2 is 2.40 bits per heavy atom. The lowest BCUT2D eigenvalue weighted by Gasteiger charge is -2.29. The average molecular weight is 209 g/mol. The summed E-state index contributed by atoms with van der Waals surface area (Å²) in [7, 11) is 0. The Bertz CT molecular complexity index is 309. The largest absolute Gasteiger partial charge is 0.327 e. The molecule has 0 bridgehead atoms. The summed E-state index contributed by atoms with van der Waals surface area (Å²) in [6.07, 6.45) is 4.06. The summed E-state index contributed by atoms with van der Waals surface area (Å²) in [6, 6.07) is 0.296. The highest BCUT2D eigenvalue weighted by atomic mass is 15.3. The number of aromatic nitrogens is 3. The molecule has 0 saturated heterocycles. The fourth-order valence-corrected chi connectivity index (χ4v) is 2.07. The molecule has 15 heavy (non-hydrogen) atoms. The van der Waals surface area contributed by atoms with Gasteiger partial charge in [0.1, 0.15) is 12.2 Å². The molecule has 0 aromatic carbocycles. The van der Waals surface area contributed by atoms with E-state index >= 15 is 0 Å². The molecule has 2 heterocycles. The molecule has 0 saturated carbocycles. The molecule has 0 amide bonds. The molecule has 1 aliphatic heterocycles. The second-order valence-corrected chi connectivity index (χ2v) is 4.22. The monoisotopic (exact) mass is 209 g/mol. The van der Waals surface area contributed by atoms with Crippen LogP contribution in [0.2, 0.25) is 0 Å². The highest BCUT2D eigenvalue weighted by Gasteiger charge is 2.18. The minimum Gasteiger partial charge on any atom is -0.327 e. The summed E-state index contributed by atoms with van der Waals surface area (Å²) in [5, 5.41) is 8.00.